The molecule has 0 bridgehead atoms. The molecule has 3 aromatic rings. The molecule has 1 N–H and O–H groups in total. The van der Waals surface area contributed by atoms with Crippen LogP contribution in [0.15, 0.2) is 61.2 Å². The van der Waals surface area contributed by atoms with Crippen LogP contribution in [0.4, 0.5) is 0 Å². The molecule has 0 radical (unpaired) electrons. The second-order valence-corrected chi connectivity index (χ2v) is 6.03. The number of rotatable bonds is 8. The number of amides is 1. The molecule has 0 unspecified atom stereocenters. The lowest BCUT2D eigenvalue weighted by atomic mass is 10.1. The second-order valence-electron chi connectivity index (χ2n) is 6.03. The van der Waals surface area contributed by atoms with Gasteiger partial charge < -0.3 is 14.6 Å². The zero-order valence-electron chi connectivity index (χ0n) is 14.9. The Morgan fingerprint density at radius 3 is 2.81 bits per heavy atom. The molecular weight excluding hydrogens is 326 g/mol. The largest absolute Gasteiger partial charge is 0.491 e. The van der Waals surface area contributed by atoms with Crippen molar-refractivity contribution >= 4 is 16.9 Å². The molecule has 1 amide bonds. The quantitative estimate of drug-likeness (QED) is 0.634. The van der Waals surface area contributed by atoms with Gasteiger partial charge in [-0.2, -0.15) is 0 Å². The molecule has 0 saturated heterocycles. The minimum absolute atomic E-state index is 0.0711. The third-order valence-corrected chi connectivity index (χ3v) is 4.14. The normalized spacial score (nSPS) is 10.7. The second kappa shape index (κ2) is 8.34. The van der Waals surface area contributed by atoms with Crippen molar-refractivity contribution in [3.63, 3.8) is 0 Å². The first kappa shape index (κ1) is 17.7. The molecule has 26 heavy (non-hydrogen) atoms. The predicted molar refractivity (Wildman–Crippen MR) is 103 cm³/mol. The van der Waals surface area contributed by atoms with E-state index >= 15 is 0 Å². The van der Waals surface area contributed by atoms with Gasteiger partial charge in [0.2, 0.25) is 5.91 Å². The maximum absolute atomic E-state index is 11.3. The zero-order valence-corrected chi connectivity index (χ0v) is 14.9. The Kier molecular flexibility index (Phi) is 5.69. The summed E-state index contributed by atoms with van der Waals surface area (Å²) in [6, 6.07) is 16.0. The first-order chi connectivity index (χ1) is 12.7. The lowest BCUT2D eigenvalue weighted by molar-refractivity contribution is -0.119. The molecule has 0 saturated carbocycles. The van der Waals surface area contributed by atoms with Crippen molar-refractivity contribution in [2.75, 3.05) is 6.61 Å². The van der Waals surface area contributed by atoms with Crippen LogP contribution in [0.2, 0.25) is 0 Å². The van der Waals surface area contributed by atoms with Gasteiger partial charge in [0.1, 0.15) is 18.2 Å². The summed E-state index contributed by atoms with van der Waals surface area (Å²) in [6.07, 6.45) is 2.65. The summed E-state index contributed by atoms with van der Waals surface area (Å²) in [6.45, 7) is 6.87. The van der Waals surface area contributed by atoms with E-state index in [1.54, 1.807) is 0 Å². The first-order valence-corrected chi connectivity index (χ1v) is 8.69. The van der Waals surface area contributed by atoms with E-state index in [1.807, 2.05) is 54.6 Å². The standard InChI is InChI=1S/C21H23N3O2/c1-3-8-17-9-4-7-12-20(17)26-14-13-24-19-11-6-5-10-18(19)23-21(24)15-22-16(2)25/h3-7,9-12H,1,8,13-15H2,2H3,(H,22,25). The number of imidazole rings is 1. The lowest BCUT2D eigenvalue weighted by Gasteiger charge is -2.13. The average Bonchev–Trinajstić information content (AvgIpc) is 2.99. The van der Waals surface area contributed by atoms with Gasteiger partial charge in [-0.25, -0.2) is 4.98 Å². The molecule has 5 nitrogen and oxygen atoms in total. The van der Waals surface area contributed by atoms with Crippen molar-refractivity contribution in [1.29, 1.82) is 0 Å². The van der Waals surface area contributed by atoms with Gasteiger partial charge in [-0.1, -0.05) is 36.4 Å². The molecule has 1 heterocycles. The highest BCUT2D eigenvalue weighted by Gasteiger charge is 2.11. The summed E-state index contributed by atoms with van der Waals surface area (Å²) in [4.78, 5) is 15.9. The number of para-hydroxylation sites is 3. The fraction of sp³-hybridized carbons (Fsp3) is 0.238. The van der Waals surface area contributed by atoms with E-state index in [4.69, 9.17) is 4.74 Å². The van der Waals surface area contributed by atoms with Crippen LogP contribution in [0.1, 0.15) is 18.3 Å². The summed E-state index contributed by atoms with van der Waals surface area (Å²) < 4.78 is 8.11. The topological polar surface area (TPSA) is 56.1 Å². The van der Waals surface area contributed by atoms with Crippen molar-refractivity contribution in [2.24, 2.45) is 0 Å². The summed E-state index contributed by atoms with van der Waals surface area (Å²) >= 11 is 0. The number of fused-ring (bicyclic) bond motifs is 1. The zero-order chi connectivity index (χ0) is 18.4. The van der Waals surface area contributed by atoms with Crippen LogP contribution in [0.25, 0.3) is 11.0 Å². The van der Waals surface area contributed by atoms with E-state index in [-0.39, 0.29) is 5.91 Å². The number of aromatic nitrogens is 2. The van der Waals surface area contributed by atoms with Crippen LogP contribution in [0, 0.1) is 0 Å². The van der Waals surface area contributed by atoms with Gasteiger partial charge in [0, 0.05) is 6.92 Å². The van der Waals surface area contributed by atoms with Gasteiger partial charge in [-0.15, -0.1) is 6.58 Å². The highest BCUT2D eigenvalue weighted by Crippen LogP contribution is 2.20. The molecule has 5 heteroatoms. The number of carbonyl (C=O) groups excluding carboxylic acids is 1. The molecule has 0 fully saturated rings. The Hall–Kier alpha value is -3.08. The number of nitrogens with one attached hydrogen (secondary N) is 1. The van der Waals surface area contributed by atoms with Gasteiger partial charge in [0.15, 0.2) is 0 Å². The van der Waals surface area contributed by atoms with Gasteiger partial charge >= 0.3 is 0 Å². The Balaban J connectivity index is 1.76. The molecule has 0 aliphatic carbocycles. The minimum atomic E-state index is -0.0711. The number of carbonyl (C=O) groups is 1. The van der Waals surface area contributed by atoms with Gasteiger partial charge in [0.05, 0.1) is 24.1 Å². The van der Waals surface area contributed by atoms with E-state index in [1.165, 1.54) is 6.92 Å². The van der Waals surface area contributed by atoms with E-state index in [0.29, 0.717) is 19.7 Å². The third kappa shape index (κ3) is 4.11. The molecule has 1 aromatic heterocycles. The van der Waals surface area contributed by atoms with E-state index in [9.17, 15) is 4.79 Å². The SMILES string of the molecule is C=CCc1ccccc1OCCn1c(CNC(C)=O)nc2ccccc21. The van der Waals surface area contributed by atoms with Crippen molar-refractivity contribution in [3.8, 4) is 5.75 Å². The summed E-state index contributed by atoms with van der Waals surface area (Å²) in [5, 5.41) is 2.82. The van der Waals surface area contributed by atoms with Crippen LogP contribution in [-0.2, 0) is 24.3 Å². The fourth-order valence-electron chi connectivity index (χ4n) is 2.93. The third-order valence-electron chi connectivity index (χ3n) is 4.14. The average molecular weight is 349 g/mol. The molecular formula is C21H23N3O2. The van der Waals surface area contributed by atoms with Crippen LogP contribution in [0.5, 0.6) is 5.75 Å². The maximum atomic E-state index is 11.3. The molecule has 3 rings (SSSR count). The predicted octanol–water partition coefficient (Wildman–Crippen LogP) is 3.48. The molecule has 0 aliphatic rings. The molecule has 0 atom stereocenters. The molecule has 2 aromatic carbocycles. The summed E-state index contributed by atoms with van der Waals surface area (Å²) in [7, 11) is 0. The van der Waals surface area contributed by atoms with Crippen molar-refractivity contribution < 1.29 is 9.53 Å². The van der Waals surface area contributed by atoms with Crippen LogP contribution in [0.3, 0.4) is 0 Å². The minimum Gasteiger partial charge on any atom is -0.491 e. The van der Waals surface area contributed by atoms with E-state index in [0.717, 1.165) is 34.6 Å². The number of ether oxygens (including phenoxy) is 1. The monoisotopic (exact) mass is 349 g/mol. The van der Waals surface area contributed by atoms with Gasteiger partial charge in [-0.3, -0.25) is 4.79 Å². The number of allylic oxidation sites excluding steroid dienone is 1. The summed E-state index contributed by atoms with van der Waals surface area (Å²) in [5.74, 6) is 1.63. The summed E-state index contributed by atoms with van der Waals surface area (Å²) in [5.41, 5.74) is 3.08. The molecule has 0 aliphatic heterocycles. The lowest BCUT2D eigenvalue weighted by Crippen LogP contribution is -2.22. The number of hydrogen-bond donors (Lipinski definition) is 1. The van der Waals surface area contributed by atoms with Crippen LogP contribution < -0.4 is 10.1 Å². The highest BCUT2D eigenvalue weighted by atomic mass is 16.5. The Morgan fingerprint density at radius 1 is 1.23 bits per heavy atom. The van der Waals surface area contributed by atoms with Crippen molar-refractivity contribution in [2.45, 2.75) is 26.4 Å². The van der Waals surface area contributed by atoms with Crippen molar-refractivity contribution in [3.05, 3.63) is 72.6 Å². The maximum Gasteiger partial charge on any atom is 0.217 e. The van der Waals surface area contributed by atoms with E-state index < -0.39 is 0 Å². The van der Waals surface area contributed by atoms with Crippen LogP contribution >= 0.6 is 0 Å². The van der Waals surface area contributed by atoms with Crippen LogP contribution in [-0.4, -0.2) is 22.1 Å². The van der Waals surface area contributed by atoms with Crippen molar-refractivity contribution in [1.82, 2.24) is 14.9 Å². The Bertz CT molecular complexity index is 915. The number of hydrogen-bond acceptors (Lipinski definition) is 3. The fourth-order valence-corrected chi connectivity index (χ4v) is 2.93. The molecule has 134 valence electrons. The number of benzene rings is 2. The highest BCUT2D eigenvalue weighted by molar-refractivity contribution is 5.76. The van der Waals surface area contributed by atoms with E-state index in [2.05, 4.69) is 21.4 Å². The Morgan fingerprint density at radius 2 is 2.00 bits per heavy atom. The van der Waals surface area contributed by atoms with Gasteiger partial charge in [0.25, 0.3) is 0 Å². The smallest absolute Gasteiger partial charge is 0.217 e. The van der Waals surface area contributed by atoms with Gasteiger partial charge in [-0.05, 0) is 30.2 Å². The molecule has 0 spiro atoms. The first-order valence-electron chi connectivity index (χ1n) is 8.69. The Labute approximate surface area is 153 Å². The number of nitrogens with zero attached hydrogens (tertiary/aromatic N) is 2.